The Morgan fingerprint density at radius 2 is 2.39 bits per heavy atom. The molecule has 1 unspecified atom stereocenters. The van der Waals surface area contributed by atoms with E-state index in [1.807, 2.05) is 13.8 Å². The maximum absolute atomic E-state index is 11.2. The second kappa shape index (κ2) is 5.20. The Kier molecular flexibility index (Phi) is 3.64. The van der Waals surface area contributed by atoms with E-state index in [1.165, 1.54) is 0 Å². The van der Waals surface area contributed by atoms with E-state index in [0.29, 0.717) is 31.4 Å². The largest absolute Gasteiger partial charge is 0.480 e. The molecule has 1 aromatic rings. The summed E-state index contributed by atoms with van der Waals surface area (Å²) in [4.78, 5) is 21.5. The van der Waals surface area contributed by atoms with E-state index in [9.17, 15) is 4.79 Å². The molecule has 18 heavy (non-hydrogen) atoms. The number of ether oxygens (including phenoxy) is 1. The average Bonchev–Trinajstić information content (AvgIpc) is 2.77. The molecule has 0 spiro atoms. The Hall–Kier alpha value is -1.85. The fourth-order valence-electron chi connectivity index (χ4n) is 2.14. The van der Waals surface area contributed by atoms with E-state index in [0.717, 1.165) is 12.1 Å². The highest BCUT2D eigenvalue weighted by Gasteiger charge is 2.32. The maximum atomic E-state index is 11.2. The first-order valence-corrected chi connectivity index (χ1v) is 6.09. The van der Waals surface area contributed by atoms with Gasteiger partial charge in [-0.2, -0.15) is 4.98 Å². The monoisotopic (exact) mass is 251 g/mol. The number of carboxylic acid groups (broad SMARTS) is 1. The lowest BCUT2D eigenvalue weighted by Gasteiger charge is -2.21. The summed E-state index contributed by atoms with van der Waals surface area (Å²) in [6, 6.07) is 1.22. The van der Waals surface area contributed by atoms with Gasteiger partial charge in [-0.05, 0) is 26.7 Å². The van der Waals surface area contributed by atoms with Crippen molar-refractivity contribution in [2.75, 3.05) is 18.1 Å². The number of aliphatic carboxylic acids is 1. The molecule has 0 radical (unpaired) electrons. The molecular weight excluding hydrogens is 234 g/mol. The fraction of sp³-hybridized carbons (Fsp3) is 0.583. The highest BCUT2D eigenvalue weighted by Crippen LogP contribution is 2.24. The minimum Gasteiger partial charge on any atom is -0.480 e. The number of aryl methyl sites for hydroxylation is 1. The lowest BCUT2D eigenvalue weighted by molar-refractivity contribution is -0.138. The molecular formula is C12H17N3O3. The minimum atomic E-state index is -0.824. The van der Waals surface area contributed by atoms with Gasteiger partial charge in [0.25, 0.3) is 0 Å². The zero-order valence-corrected chi connectivity index (χ0v) is 10.6. The van der Waals surface area contributed by atoms with Gasteiger partial charge in [-0.25, -0.2) is 9.78 Å². The number of aromatic nitrogens is 2. The van der Waals surface area contributed by atoms with Crippen LogP contribution in [0.3, 0.4) is 0 Å². The third-order valence-corrected chi connectivity index (χ3v) is 2.91. The molecule has 0 aromatic carbocycles. The Balaban J connectivity index is 2.29. The molecule has 2 rings (SSSR count). The fourth-order valence-corrected chi connectivity index (χ4v) is 2.14. The quantitative estimate of drug-likeness (QED) is 0.867. The molecule has 1 saturated heterocycles. The van der Waals surface area contributed by atoms with Gasteiger partial charge in [-0.15, -0.1) is 0 Å². The van der Waals surface area contributed by atoms with Gasteiger partial charge in [0.05, 0.1) is 6.61 Å². The van der Waals surface area contributed by atoms with E-state index in [-0.39, 0.29) is 0 Å². The summed E-state index contributed by atoms with van der Waals surface area (Å²) in [7, 11) is 0. The molecule has 0 saturated carbocycles. The van der Waals surface area contributed by atoms with E-state index >= 15 is 0 Å². The van der Waals surface area contributed by atoms with Crippen molar-refractivity contribution < 1.29 is 14.6 Å². The number of hydrogen-bond donors (Lipinski definition) is 1. The maximum Gasteiger partial charge on any atom is 0.326 e. The Morgan fingerprint density at radius 3 is 3.06 bits per heavy atom. The lowest BCUT2D eigenvalue weighted by atomic mass is 10.2. The van der Waals surface area contributed by atoms with E-state index < -0.39 is 12.0 Å². The molecule has 98 valence electrons. The summed E-state index contributed by atoms with van der Waals surface area (Å²) in [6.07, 6.45) is 1.48. The van der Waals surface area contributed by atoms with Gasteiger partial charge in [0, 0.05) is 18.3 Å². The first-order valence-electron chi connectivity index (χ1n) is 6.09. The van der Waals surface area contributed by atoms with Crippen LogP contribution in [-0.2, 0) is 4.79 Å². The second-order valence-electron chi connectivity index (χ2n) is 4.27. The lowest BCUT2D eigenvalue weighted by Crippen LogP contribution is -2.37. The number of anilines is 1. The van der Waals surface area contributed by atoms with Crippen molar-refractivity contribution in [1.82, 2.24) is 9.97 Å². The van der Waals surface area contributed by atoms with Crippen LogP contribution in [0, 0.1) is 6.92 Å². The van der Waals surface area contributed by atoms with Crippen LogP contribution in [0.1, 0.15) is 25.5 Å². The van der Waals surface area contributed by atoms with Gasteiger partial charge < -0.3 is 14.7 Å². The molecule has 1 aliphatic rings. The molecule has 0 bridgehead atoms. The normalized spacial score (nSPS) is 19.0. The van der Waals surface area contributed by atoms with Crippen LogP contribution in [0.4, 0.5) is 5.95 Å². The number of rotatable bonds is 4. The molecule has 1 N–H and O–H groups in total. The summed E-state index contributed by atoms with van der Waals surface area (Å²) in [6.45, 7) is 4.93. The molecule has 1 aromatic heterocycles. The van der Waals surface area contributed by atoms with Gasteiger partial charge >= 0.3 is 5.97 Å². The third kappa shape index (κ3) is 2.52. The van der Waals surface area contributed by atoms with E-state index in [4.69, 9.17) is 9.84 Å². The first kappa shape index (κ1) is 12.6. The van der Waals surface area contributed by atoms with Gasteiger partial charge in [0.1, 0.15) is 6.04 Å². The summed E-state index contributed by atoms with van der Waals surface area (Å²) in [5, 5.41) is 9.16. The topological polar surface area (TPSA) is 75.5 Å². The number of nitrogens with zero attached hydrogens (tertiary/aromatic N) is 3. The highest BCUT2D eigenvalue weighted by atomic mass is 16.5. The van der Waals surface area contributed by atoms with Crippen molar-refractivity contribution in [2.24, 2.45) is 0 Å². The molecule has 1 fully saturated rings. The molecule has 0 amide bonds. The van der Waals surface area contributed by atoms with Crippen molar-refractivity contribution in [3.8, 4) is 5.88 Å². The predicted molar refractivity (Wildman–Crippen MR) is 65.9 cm³/mol. The number of hydrogen-bond acceptors (Lipinski definition) is 5. The van der Waals surface area contributed by atoms with Crippen molar-refractivity contribution in [2.45, 2.75) is 32.7 Å². The molecule has 6 nitrogen and oxygen atoms in total. The van der Waals surface area contributed by atoms with Gasteiger partial charge in [-0.3, -0.25) is 0 Å². The third-order valence-electron chi connectivity index (χ3n) is 2.91. The van der Waals surface area contributed by atoms with Crippen LogP contribution in [0.25, 0.3) is 0 Å². The summed E-state index contributed by atoms with van der Waals surface area (Å²) < 4.78 is 5.36. The Labute approximate surface area is 106 Å². The van der Waals surface area contributed by atoms with Crippen molar-refractivity contribution >= 4 is 11.9 Å². The first-order chi connectivity index (χ1) is 8.61. The van der Waals surface area contributed by atoms with Crippen molar-refractivity contribution in [3.63, 3.8) is 0 Å². The van der Waals surface area contributed by atoms with Crippen LogP contribution in [0.2, 0.25) is 0 Å². The van der Waals surface area contributed by atoms with Crippen molar-refractivity contribution in [3.05, 3.63) is 11.8 Å². The van der Waals surface area contributed by atoms with E-state index in [1.54, 1.807) is 11.0 Å². The zero-order chi connectivity index (χ0) is 13.1. The average molecular weight is 251 g/mol. The molecule has 1 aliphatic heterocycles. The van der Waals surface area contributed by atoms with E-state index in [2.05, 4.69) is 9.97 Å². The van der Waals surface area contributed by atoms with Gasteiger partial charge in [-0.1, -0.05) is 0 Å². The zero-order valence-electron chi connectivity index (χ0n) is 10.6. The Bertz CT molecular complexity index is 450. The molecule has 6 heteroatoms. The number of carboxylic acids is 1. The van der Waals surface area contributed by atoms with Gasteiger partial charge in [0.2, 0.25) is 11.8 Å². The smallest absolute Gasteiger partial charge is 0.326 e. The SMILES string of the molecule is CCOc1cc(C)nc(N2CCCC2C(=O)O)n1. The van der Waals surface area contributed by atoms with Gasteiger partial charge in [0.15, 0.2) is 0 Å². The Morgan fingerprint density at radius 1 is 1.61 bits per heavy atom. The van der Waals surface area contributed by atoms with Crippen LogP contribution < -0.4 is 9.64 Å². The summed E-state index contributed by atoms with van der Waals surface area (Å²) in [5.41, 5.74) is 0.777. The molecule has 2 heterocycles. The van der Waals surface area contributed by atoms with Crippen molar-refractivity contribution in [1.29, 1.82) is 0 Å². The summed E-state index contributed by atoms with van der Waals surface area (Å²) >= 11 is 0. The predicted octanol–water partition coefficient (Wildman–Crippen LogP) is 1.24. The highest BCUT2D eigenvalue weighted by molar-refractivity contribution is 5.78. The number of carbonyl (C=O) groups is 1. The standard InChI is InChI=1S/C12H17N3O3/c1-3-18-10-7-8(2)13-12(14-10)15-6-4-5-9(15)11(16)17/h7,9H,3-6H2,1-2H3,(H,16,17). The van der Waals surface area contributed by atoms with Crippen LogP contribution in [-0.4, -0.2) is 40.2 Å². The summed E-state index contributed by atoms with van der Waals surface area (Å²) in [5.74, 6) is 0.120. The molecule has 0 aliphatic carbocycles. The second-order valence-corrected chi connectivity index (χ2v) is 4.27. The van der Waals surface area contributed by atoms with Crippen LogP contribution in [0.5, 0.6) is 5.88 Å². The van der Waals surface area contributed by atoms with Crippen LogP contribution in [0.15, 0.2) is 6.07 Å². The van der Waals surface area contributed by atoms with Crippen LogP contribution >= 0.6 is 0 Å². The molecule has 1 atom stereocenters. The minimum absolute atomic E-state index is 0.448.